The van der Waals surface area contributed by atoms with Crippen LogP contribution in [0.4, 0.5) is 5.69 Å². The number of benzene rings is 1. The highest BCUT2D eigenvalue weighted by Crippen LogP contribution is 2.31. The van der Waals surface area contributed by atoms with Crippen molar-refractivity contribution < 1.29 is 17.9 Å². The van der Waals surface area contributed by atoms with Crippen molar-refractivity contribution in [3.05, 3.63) is 35.7 Å². The van der Waals surface area contributed by atoms with Crippen molar-refractivity contribution in [3.63, 3.8) is 0 Å². The predicted octanol–water partition coefficient (Wildman–Crippen LogP) is 2.55. The van der Waals surface area contributed by atoms with Crippen molar-refractivity contribution in [1.82, 2.24) is 14.1 Å². The van der Waals surface area contributed by atoms with Crippen LogP contribution in [0.1, 0.15) is 42.2 Å². The molecule has 1 aliphatic heterocycles. The number of piperidine rings is 1. The van der Waals surface area contributed by atoms with E-state index in [1.807, 2.05) is 0 Å². The summed E-state index contributed by atoms with van der Waals surface area (Å²) in [5.74, 6) is -0.0419. The van der Waals surface area contributed by atoms with Gasteiger partial charge in [-0.05, 0) is 44.9 Å². The van der Waals surface area contributed by atoms with Crippen LogP contribution in [0.2, 0.25) is 0 Å². The fourth-order valence-corrected chi connectivity index (χ4v) is 4.90. The molecular formula is C19H26N4O4S. The van der Waals surface area contributed by atoms with Gasteiger partial charge in [0.05, 0.1) is 18.4 Å². The molecule has 3 rings (SSSR count). The summed E-state index contributed by atoms with van der Waals surface area (Å²) in [6, 6.07) is 4.70. The first-order valence-corrected chi connectivity index (χ1v) is 10.9. The van der Waals surface area contributed by atoms with Crippen molar-refractivity contribution in [3.8, 4) is 5.75 Å². The minimum absolute atomic E-state index is 0.0805. The van der Waals surface area contributed by atoms with Gasteiger partial charge in [-0.1, -0.05) is 6.42 Å². The van der Waals surface area contributed by atoms with Gasteiger partial charge < -0.3 is 10.1 Å². The van der Waals surface area contributed by atoms with Crippen molar-refractivity contribution in [2.75, 3.05) is 25.0 Å². The van der Waals surface area contributed by atoms with E-state index in [2.05, 4.69) is 10.4 Å². The first-order chi connectivity index (χ1) is 13.3. The van der Waals surface area contributed by atoms with E-state index >= 15 is 0 Å². The lowest BCUT2D eigenvalue weighted by molar-refractivity contribution is 0.102. The Bertz CT molecular complexity index is 962. The van der Waals surface area contributed by atoms with Gasteiger partial charge >= 0.3 is 0 Å². The van der Waals surface area contributed by atoms with E-state index in [1.165, 1.54) is 16.6 Å². The van der Waals surface area contributed by atoms with Crippen LogP contribution in [0.5, 0.6) is 5.75 Å². The zero-order chi connectivity index (χ0) is 20.3. The quantitative estimate of drug-likeness (QED) is 0.796. The standard InChI is InChI=1S/C19H26N4O4S/c1-4-27-17-9-8-15(21-19(24)16-13-20-22(3)14(16)2)12-18(17)28(25,26)23-10-6-5-7-11-23/h8-9,12-13H,4-7,10-11H2,1-3H3,(H,21,24). The SMILES string of the molecule is CCOc1ccc(NC(=O)c2cnn(C)c2C)cc1S(=O)(=O)N1CCCCC1. The van der Waals surface area contributed by atoms with Gasteiger partial charge in [0, 0.05) is 31.5 Å². The zero-order valence-corrected chi connectivity index (χ0v) is 17.3. The van der Waals surface area contributed by atoms with Crippen LogP contribution in [0.25, 0.3) is 0 Å². The molecule has 1 aromatic carbocycles. The summed E-state index contributed by atoms with van der Waals surface area (Å²) in [5, 5.41) is 6.83. The molecule has 1 amide bonds. The number of nitrogens with zero attached hydrogens (tertiary/aromatic N) is 3. The molecule has 1 fully saturated rings. The Hall–Kier alpha value is -2.39. The van der Waals surface area contributed by atoms with Gasteiger partial charge in [0.1, 0.15) is 10.6 Å². The van der Waals surface area contributed by atoms with E-state index < -0.39 is 10.0 Å². The van der Waals surface area contributed by atoms with Crippen LogP contribution in [-0.2, 0) is 17.1 Å². The lowest BCUT2D eigenvalue weighted by Gasteiger charge is -2.27. The minimum Gasteiger partial charge on any atom is -0.492 e. The average molecular weight is 407 g/mol. The van der Waals surface area contributed by atoms with Crippen molar-refractivity contribution in [2.45, 2.75) is 38.0 Å². The molecule has 1 aliphatic rings. The number of anilines is 1. The van der Waals surface area contributed by atoms with Gasteiger partial charge in [-0.15, -0.1) is 0 Å². The Balaban J connectivity index is 1.93. The highest BCUT2D eigenvalue weighted by atomic mass is 32.2. The average Bonchev–Trinajstić information content (AvgIpc) is 3.02. The van der Waals surface area contributed by atoms with E-state index in [9.17, 15) is 13.2 Å². The highest BCUT2D eigenvalue weighted by Gasteiger charge is 2.29. The largest absolute Gasteiger partial charge is 0.492 e. The van der Waals surface area contributed by atoms with E-state index in [0.717, 1.165) is 25.0 Å². The number of ether oxygens (including phenoxy) is 1. The summed E-state index contributed by atoms with van der Waals surface area (Å²) in [5.41, 5.74) is 1.56. The van der Waals surface area contributed by atoms with Crippen molar-refractivity contribution >= 4 is 21.6 Å². The lowest BCUT2D eigenvalue weighted by Crippen LogP contribution is -2.35. The summed E-state index contributed by atoms with van der Waals surface area (Å²) < 4.78 is 35.0. The number of sulfonamides is 1. The number of nitrogens with one attached hydrogen (secondary N) is 1. The number of carbonyl (C=O) groups excluding carboxylic acids is 1. The Morgan fingerprint density at radius 3 is 2.57 bits per heavy atom. The van der Waals surface area contributed by atoms with E-state index in [4.69, 9.17) is 4.74 Å². The van der Waals surface area contributed by atoms with Crippen LogP contribution in [0.3, 0.4) is 0 Å². The maximum Gasteiger partial charge on any atom is 0.259 e. The third-order valence-corrected chi connectivity index (χ3v) is 6.83. The number of aromatic nitrogens is 2. The van der Waals surface area contributed by atoms with Crippen molar-refractivity contribution in [2.24, 2.45) is 7.05 Å². The molecular weight excluding hydrogens is 380 g/mol. The highest BCUT2D eigenvalue weighted by molar-refractivity contribution is 7.89. The summed E-state index contributed by atoms with van der Waals surface area (Å²) in [6.07, 6.45) is 4.22. The van der Waals surface area contributed by atoms with E-state index in [0.29, 0.717) is 36.7 Å². The first-order valence-electron chi connectivity index (χ1n) is 9.41. The molecule has 0 aliphatic carbocycles. The fourth-order valence-electron chi connectivity index (χ4n) is 3.23. The van der Waals surface area contributed by atoms with Crippen LogP contribution < -0.4 is 10.1 Å². The topological polar surface area (TPSA) is 93.5 Å². The molecule has 2 aromatic rings. The minimum atomic E-state index is -3.70. The molecule has 0 spiro atoms. The predicted molar refractivity (Wildman–Crippen MR) is 106 cm³/mol. The summed E-state index contributed by atoms with van der Waals surface area (Å²) >= 11 is 0. The van der Waals surface area contributed by atoms with Crippen molar-refractivity contribution in [1.29, 1.82) is 0 Å². The molecule has 152 valence electrons. The second-order valence-electron chi connectivity index (χ2n) is 6.78. The number of hydrogen-bond donors (Lipinski definition) is 1. The Morgan fingerprint density at radius 2 is 1.96 bits per heavy atom. The maximum absolute atomic E-state index is 13.2. The van der Waals surface area contributed by atoms with E-state index in [1.54, 1.807) is 37.7 Å². The van der Waals surface area contributed by atoms with Gasteiger partial charge in [0.15, 0.2) is 0 Å². The van der Waals surface area contributed by atoms with Gasteiger partial charge in [-0.25, -0.2) is 8.42 Å². The third-order valence-electron chi connectivity index (χ3n) is 4.91. The molecule has 0 saturated carbocycles. The number of carbonyl (C=O) groups is 1. The Labute approximate surface area is 165 Å². The molecule has 0 radical (unpaired) electrons. The van der Waals surface area contributed by atoms with Gasteiger partial charge in [-0.3, -0.25) is 9.48 Å². The lowest BCUT2D eigenvalue weighted by atomic mass is 10.2. The molecule has 1 aromatic heterocycles. The molecule has 1 saturated heterocycles. The maximum atomic E-state index is 13.2. The molecule has 9 heteroatoms. The normalized spacial score (nSPS) is 15.4. The summed E-state index contributed by atoms with van der Waals surface area (Å²) in [7, 11) is -1.95. The van der Waals surface area contributed by atoms with Crippen LogP contribution in [0, 0.1) is 6.92 Å². The molecule has 0 atom stereocenters. The first kappa shape index (κ1) is 20.3. The summed E-state index contributed by atoms with van der Waals surface area (Å²) in [6.45, 7) is 4.95. The molecule has 0 unspecified atom stereocenters. The van der Waals surface area contributed by atoms with Gasteiger partial charge in [-0.2, -0.15) is 9.40 Å². The number of amides is 1. The molecule has 28 heavy (non-hydrogen) atoms. The zero-order valence-electron chi connectivity index (χ0n) is 16.4. The second kappa shape index (κ2) is 8.32. The molecule has 0 bridgehead atoms. The number of rotatable bonds is 6. The van der Waals surface area contributed by atoms with Crippen LogP contribution in [-0.4, -0.2) is 48.1 Å². The second-order valence-corrected chi connectivity index (χ2v) is 8.69. The van der Waals surface area contributed by atoms with Crippen LogP contribution >= 0.6 is 0 Å². The molecule has 8 nitrogen and oxygen atoms in total. The third kappa shape index (κ3) is 4.05. The molecule has 1 N–H and O–H groups in total. The molecule has 2 heterocycles. The summed E-state index contributed by atoms with van der Waals surface area (Å²) in [4.78, 5) is 12.6. The number of hydrogen-bond acceptors (Lipinski definition) is 5. The monoisotopic (exact) mass is 406 g/mol. The van der Waals surface area contributed by atoms with Gasteiger partial charge in [0.2, 0.25) is 10.0 Å². The van der Waals surface area contributed by atoms with Gasteiger partial charge in [0.25, 0.3) is 5.91 Å². The smallest absolute Gasteiger partial charge is 0.259 e. The Morgan fingerprint density at radius 1 is 1.25 bits per heavy atom. The number of aryl methyl sites for hydroxylation is 1. The van der Waals surface area contributed by atoms with Crippen LogP contribution in [0.15, 0.2) is 29.3 Å². The van der Waals surface area contributed by atoms with E-state index in [-0.39, 0.29) is 10.8 Å². The Kier molecular flexibility index (Phi) is 6.04. The fraction of sp³-hybridized carbons (Fsp3) is 0.474.